The molecule has 1 saturated heterocycles. The van der Waals surface area contributed by atoms with Gasteiger partial charge in [0.25, 0.3) is 5.91 Å². The third-order valence-electron chi connectivity index (χ3n) is 4.91. The van der Waals surface area contributed by atoms with Crippen LogP contribution in [-0.2, 0) is 16.0 Å². The van der Waals surface area contributed by atoms with Crippen molar-refractivity contribution in [1.82, 2.24) is 14.7 Å². The molecule has 1 aromatic carbocycles. The minimum Gasteiger partial charge on any atom is -0.466 e. The molecule has 1 amide bonds. The molecule has 0 N–H and O–H groups in total. The van der Waals surface area contributed by atoms with Crippen LogP contribution >= 0.6 is 0 Å². The van der Waals surface area contributed by atoms with Gasteiger partial charge >= 0.3 is 5.97 Å². The van der Waals surface area contributed by atoms with E-state index in [0.717, 1.165) is 5.69 Å². The summed E-state index contributed by atoms with van der Waals surface area (Å²) in [7, 11) is 0. The monoisotopic (exact) mass is 373 g/mol. The smallest absolute Gasteiger partial charge is 0.309 e. The van der Waals surface area contributed by atoms with Crippen molar-refractivity contribution in [1.29, 1.82) is 0 Å². The molecule has 0 bridgehead atoms. The molecule has 1 aromatic heterocycles. The minimum absolute atomic E-state index is 0.0810. The van der Waals surface area contributed by atoms with Crippen molar-refractivity contribution >= 4 is 11.9 Å². The molecule has 27 heavy (non-hydrogen) atoms. The molecular weight excluding hydrogens is 349 g/mol. The highest BCUT2D eigenvalue weighted by molar-refractivity contribution is 5.95. The zero-order valence-corrected chi connectivity index (χ0v) is 15.7. The van der Waals surface area contributed by atoms with Gasteiger partial charge in [0.2, 0.25) is 0 Å². The summed E-state index contributed by atoms with van der Waals surface area (Å²) in [4.78, 5) is 26.6. The normalized spacial score (nSPS) is 15.0. The van der Waals surface area contributed by atoms with Crippen molar-refractivity contribution in [3.05, 3.63) is 47.5 Å². The molecular formula is C20H24FN3O3. The predicted molar refractivity (Wildman–Crippen MR) is 98.2 cm³/mol. The number of nitrogens with zero attached hydrogens (tertiary/aromatic N) is 3. The number of halogens is 1. The second-order valence-corrected chi connectivity index (χ2v) is 6.57. The molecule has 7 heteroatoms. The number of benzene rings is 1. The first-order valence-corrected chi connectivity index (χ1v) is 9.33. The molecule has 1 fully saturated rings. The third kappa shape index (κ3) is 4.02. The molecule has 0 aliphatic carbocycles. The number of piperidine rings is 1. The van der Waals surface area contributed by atoms with E-state index in [4.69, 9.17) is 4.74 Å². The van der Waals surface area contributed by atoms with Crippen LogP contribution in [0.5, 0.6) is 0 Å². The Morgan fingerprint density at radius 2 is 1.85 bits per heavy atom. The average molecular weight is 373 g/mol. The number of rotatable bonds is 5. The second kappa shape index (κ2) is 8.33. The molecule has 0 unspecified atom stereocenters. The fourth-order valence-corrected chi connectivity index (χ4v) is 3.45. The van der Waals surface area contributed by atoms with E-state index in [-0.39, 0.29) is 23.6 Å². The molecule has 2 heterocycles. The first-order valence-electron chi connectivity index (χ1n) is 9.33. The fraction of sp³-hybridized carbons (Fsp3) is 0.450. The minimum atomic E-state index is -0.315. The van der Waals surface area contributed by atoms with E-state index in [0.29, 0.717) is 50.2 Å². The summed E-state index contributed by atoms with van der Waals surface area (Å²) >= 11 is 0. The van der Waals surface area contributed by atoms with Gasteiger partial charge in [-0.2, -0.15) is 5.10 Å². The molecule has 3 rings (SSSR count). The Labute approximate surface area is 157 Å². The summed E-state index contributed by atoms with van der Waals surface area (Å²) in [5.74, 6) is -0.711. The summed E-state index contributed by atoms with van der Waals surface area (Å²) in [6.45, 7) is 5.17. The van der Waals surface area contributed by atoms with Gasteiger partial charge in [-0.15, -0.1) is 0 Å². The Kier molecular flexibility index (Phi) is 5.88. The van der Waals surface area contributed by atoms with E-state index in [1.165, 1.54) is 12.1 Å². The summed E-state index contributed by atoms with van der Waals surface area (Å²) in [6.07, 6.45) is 3.41. The molecule has 0 atom stereocenters. The zero-order chi connectivity index (χ0) is 19.4. The van der Waals surface area contributed by atoms with Gasteiger partial charge < -0.3 is 9.64 Å². The van der Waals surface area contributed by atoms with Crippen LogP contribution in [0.25, 0.3) is 5.69 Å². The highest BCUT2D eigenvalue weighted by Gasteiger charge is 2.30. The molecule has 144 valence electrons. The van der Waals surface area contributed by atoms with E-state index < -0.39 is 0 Å². The number of hydrogen-bond acceptors (Lipinski definition) is 4. The largest absolute Gasteiger partial charge is 0.466 e. The molecule has 0 radical (unpaired) electrons. The lowest BCUT2D eigenvalue weighted by molar-refractivity contribution is -0.149. The lowest BCUT2D eigenvalue weighted by atomic mass is 9.96. The summed E-state index contributed by atoms with van der Waals surface area (Å²) in [6, 6.07) is 6.03. The number of carbonyl (C=O) groups is 2. The third-order valence-corrected chi connectivity index (χ3v) is 4.91. The fourth-order valence-electron chi connectivity index (χ4n) is 3.45. The van der Waals surface area contributed by atoms with E-state index in [2.05, 4.69) is 5.10 Å². The van der Waals surface area contributed by atoms with Crippen LogP contribution in [0.15, 0.2) is 30.5 Å². The standard InChI is InChI=1S/C20H24FN3O3/c1-3-18-17(13-22-24(18)16-7-5-15(21)6-8-16)19(25)23-11-9-14(10-12-23)20(26)27-4-2/h5-8,13-14H,3-4,9-12H2,1-2H3. The first-order chi connectivity index (χ1) is 13.0. The van der Waals surface area contributed by atoms with Gasteiger partial charge in [-0.1, -0.05) is 6.92 Å². The second-order valence-electron chi connectivity index (χ2n) is 6.57. The van der Waals surface area contributed by atoms with Crippen molar-refractivity contribution in [3.8, 4) is 5.69 Å². The van der Waals surface area contributed by atoms with Gasteiger partial charge in [0, 0.05) is 13.1 Å². The van der Waals surface area contributed by atoms with Gasteiger partial charge in [-0.25, -0.2) is 9.07 Å². The maximum atomic E-state index is 13.2. The van der Waals surface area contributed by atoms with E-state index in [1.54, 1.807) is 34.8 Å². The molecule has 0 spiro atoms. The van der Waals surface area contributed by atoms with Crippen LogP contribution in [0.1, 0.15) is 42.7 Å². The van der Waals surface area contributed by atoms with Gasteiger partial charge in [0.15, 0.2) is 0 Å². The van der Waals surface area contributed by atoms with Gasteiger partial charge in [0.1, 0.15) is 5.82 Å². The first kappa shape index (κ1) is 19.1. The van der Waals surface area contributed by atoms with Crippen molar-refractivity contribution in [3.63, 3.8) is 0 Å². The Bertz CT molecular complexity index is 808. The van der Waals surface area contributed by atoms with Crippen molar-refractivity contribution in [2.45, 2.75) is 33.1 Å². The maximum absolute atomic E-state index is 13.2. The maximum Gasteiger partial charge on any atom is 0.309 e. The van der Waals surface area contributed by atoms with Crippen LogP contribution in [0.2, 0.25) is 0 Å². The lowest BCUT2D eigenvalue weighted by Gasteiger charge is -2.30. The lowest BCUT2D eigenvalue weighted by Crippen LogP contribution is -2.40. The molecule has 2 aromatic rings. The number of carbonyl (C=O) groups excluding carboxylic acids is 2. The quantitative estimate of drug-likeness (QED) is 0.756. The molecule has 0 saturated carbocycles. The molecule has 1 aliphatic rings. The number of hydrogen-bond donors (Lipinski definition) is 0. The van der Waals surface area contributed by atoms with E-state index >= 15 is 0 Å². The van der Waals surface area contributed by atoms with Gasteiger partial charge in [-0.05, 0) is 50.5 Å². The number of aromatic nitrogens is 2. The van der Waals surface area contributed by atoms with Crippen LogP contribution in [0, 0.1) is 11.7 Å². The van der Waals surface area contributed by atoms with E-state index in [1.807, 2.05) is 6.92 Å². The van der Waals surface area contributed by atoms with Crippen LogP contribution in [-0.4, -0.2) is 46.3 Å². The zero-order valence-electron chi connectivity index (χ0n) is 15.7. The van der Waals surface area contributed by atoms with Crippen LogP contribution in [0.4, 0.5) is 4.39 Å². The van der Waals surface area contributed by atoms with Crippen molar-refractivity contribution in [2.75, 3.05) is 19.7 Å². The number of esters is 1. The Hall–Kier alpha value is -2.70. The predicted octanol–water partition coefficient (Wildman–Crippen LogP) is 2.99. The van der Waals surface area contributed by atoms with Crippen molar-refractivity contribution in [2.24, 2.45) is 5.92 Å². The Morgan fingerprint density at radius 3 is 2.44 bits per heavy atom. The average Bonchev–Trinajstić information content (AvgIpc) is 3.12. The topological polar surface area (TPSA) is 64.4 Å². The Morgan fingerprint density at radius 1 is 1.19 bits per heavy atom. The number of amides is 1. The van der Waals surface area contributed by atoms with Crippen molar-refractivity contribution < 1.29 is 18.7 Å². The van der Waals surface area contributed by atoms with Gasteiger partial charge in [0.05, 0.1) is 35.7 Å². The number of likely N-dealkylation sites (tertiary alicyclic amines) is 1. The van der Waals surface area contributed by atoms with Gasteiger partial charge in [-0.3, -0.25) is 9.59 Å². The summed E-state index contributed by atoms with van der Waals surface area (Å²) < 4.78 is 19.9. The highest BCUT2D eigenvalue weighted by atomic mass is 19.1. The van der Waals surface area contributed by atoms with Crippen LogP contribution in [0.3, 0.4) is 0 Å². The molecule has 6 nitrogen and oxygen atoms in total. The molecule has 1 aliphatic heterocycles. The summed E-state index contributed by atoms with van der Waals surface area (Å²) in [5.41, 5.74) is 2.06. The van der Waals surface area contributed by atoms with Crippen LogP contribution < -0.4 is 0 Å². The Balaban J connectivity index is 1.74. The SMILES string of the molecule is CCOC(=O)C1CCN(C(=O)c2cnn(-c3ccc(F)cc3)c2CC)CC1. The van der Waals surface area contributed by atoms with E-state index in [9.17, 15) is 14.0 Å². The summed E-state index contributed by atoms with van der Waals surface area (Å²) in [5, 5.41) is 4.34. The number of ether oxygens (including phenoxy) is 1. The highest BCUT2D eigenvalue weighted by Crippen LogP contribution is 2.23.